The molecule has 0 aliphatic carbocycles. The SMILES string of the molecule is CCCCCCCCCCCCCC(=O)OCC(CO)(COC(=O)CCCCCCCCCCCCC)CN(C)C. The predicted molar refractivity (Wildman–Crippen MR) is 172 cm³/mol. The zero-order valence-corrected chi connectivity index (χ0v) is 27.8. The highest BCUT2D eigenvalue weighted by molar-refractivity contribution is 5.69. The zero-order chi connectivity index (χ0) is 30.4. The standard InChI is InChI=1S/C35H69NO5/c1-5-7-9-11-13-15-17-19-21-23-25-27-33(38)40-31-35(30-37,29-36(3)4)32-41-34(39)28-26-24-22-20-18-16-14-12-10-8-6-2/h37H,5-32H2,1-4H3. The van der Waals surface area contributed by atoms with Crippen LogP contribution in [0.1, 0.15) is 168 Å². The molecule has 0 radical (unpaired) electrons. The molecule has 0 unspecified atom stereocenters. The molecule has 0 saturated heterocycles. The molecular weight excluding hydrogens is 514 g/mol. The van der Waals surface area contributed by atoms with Crippen molar-refractivity contribution in [2.45, 2.75) is 168 Å². The summed E-state index contributed by atoms with van der Waals surface area (Å²) in [6.45, 7) is 4.89. The Morgan fingerprint density at radius 3 is 1.10 bits per heavy atom. The number of aliphatic hydroxyl groups is 1. The maximum Gasteiger partial charge on any atom is 0.305 e. The van der Waals surface area contributed by atoms with E-state index in [1.807, 2.05) is 19.0 Å². The number of ether oxygens (including phenoxy) is 2. The monoisotopic (exact) mass is 584 g/mol. The summed E-state index contributed by atoms with van der Waals surface area (Å²) in [5.74, 6) is -0.463. The predicted octanol–water partition coefficient (Wildman–Crippen LogP) is 9.02. The minimum atomic E-state index is -0.803. The average molecular weight is 584 g/mol. The molecule has 0 aromatic rings. The van der Waals surface area contributed by atoms with Gasteiger partial charge in [0.05, 0.1) is 12.0 Å². The molecule has 0 aliphatic rings. The lowest BCUT2D eigenvalue weighted by Crippen LogP contribution is -2.45. The van der Waals surface area contributed by atoms with Crippen LogP contribution in [0.25, 0.3) is 0 Å². The number of aliphatic hydroxyl groups excluding tert-OH is 1. The number of unbranched alkanes of at least 4 members (excludes halogenated alkanes) is 20. The van der Waals surface area contributed by atoms with Crippen molar-refractivity contribution in [1.82, 2.24) is 4.90 Å². The van der Waals surface area contributed by atoms with Gasteiger partial charge < -0.3 is 19.5 Å². The number of carbonyl (C=O) groups excluding carboxylic acids is 2. The van der Waals surface area contributed by atoms with E-state index < -0.39 is 5.41 Å². The van der Waals surface area contributed by atoms with Gasteiger partial charge in [0.2, 0.25) is 0 Å². The van der Waals surface area contributed by atoms with E-state index in [0.29, 0.717) is 19.4 Å². The van der Waals surface area contributed by atoms with Crippen LogP contribution in [-0.2, 0) is 19.1 Å². The van der Waals surface area contributed by atoms with E-state index >= 15 is 0 Å². The molecule has 1 N–H and O–H groups in total. The van der Waals surface area contributed by atoms with Gasteiger partial charge in [-0.25, -0.2) is 0 Å². The van der Waals surface area contributed by atoms with Crippen molar-refractivity contribution in [3.05, 3.63) is 0 Å². The highest BCUT2D eigenvalue weighted by atomic mass is 16.5. The second-order valence-electron chi connectivity index (χ2n) is 12.8. The number of hydrogen-bond acceptors (Lipinski definition) is 6. The quantitative estimate of drug-likeness (QED) is 0.0648. The molecule has 0 aromatic carbocycles. The number of carbonyl (C=O) groups is 2. The van der Waals surface area contributed by atoms with Crippen molar-refractivity contribution in [3.63, 3.8) is 0 Å². The van der Waals surface area contributed by atoms with Crippen molar-refractivity contribution >= 4 is 11.9 Å². The van der Waals surface area contributed by atoms with E-state index in [9.17, 15) is 14.7 Å². The summed E-state index contributed by atoms with van der Waals surface area (Å²) in [6.07, 6.45) is 28.1. The first-order chi connectivity index (χ1) is 19.9. The molecule has 0 fully saturated rings. The average Bonchev–Trinajstić information content (AvgIpc) is 2.96. The van der Waals surface area contributed by atoms with Crippen molar-refractivity contribution in [2.24, 2.45) is 5.41 Å². The van der Waals surface area contributed by atoms with Crippen molar-refractivity contribution < 1.29 is 24.2 Å². The van der Waals surface area contributed by atoms with Gasteiger partial charge in [-0.15, -0.1) is 0 Å². The fourth-order valence-electron chi connectivity index (χ4n) is 5.42. The van der Waals surface area contributed by atoms with Crippen LogP contribution in [0.4, 0.5) is 0 Å². The summed E-state index contributed by atoms with van der Waals surface area (Å²) in [6, 6.07) is 0. The molecule has 0 saturated carbocycles. The first-order valence-corrected chi connectivity index (χ1v) is 17.5. The largest absolute Gasteiger partial charge is 0.465 e. The van der Waals surface area contributed by atoms with Gasteiger partial charge >= 0.3 is 11.9 Å². The molecule has 244 valence electrons. The molecule has 6 nitrogen and oxygen atoms in total. The van der Waals surface area contributed by atoms with E-state index in [-0.39, 0.29) is 31.8 Å². The Bertz CT molecular complexity index is 553. The van der Waals surface area contributed by atoms with E-state index in [1.54, 1.807) is 0 Å². The van der Waals surface area contributed by atoms with Crippen LogP contribution in [-0.4, -0.2) is 62.4 Å². The van der Waals surface area contributed by atoms with Gasteiger partial charge in [0, 0.05) is 19.4 Å². The maximum absolute atomic E-state index is 12.4. The number of hydrogen-bond donors (Lipinski definition) is 1. The van der Waals surface area contributed by atoms with E-state index in [4.69, 9.17) is 9.47 Å². The number of esters is 2. The summed E-state index contributed by atoms with van der Waals surface area (Å²) in [5, 5.41) is 10.2. The van der Waals surface area contributed by atoms with Crippen molar-refractivity contribution in [2.75, 3.05) is 40.5 Å². The lowest BCUT2D eigenvalue weighted by atomic mass is 9.90. The molecule has 0 rings (SSSR count). The fourth-order valence-corrected chi connectivity index (χ4v) is 5.42. The topological polar surface area (TPSA) is 76.1 Å². The summed E-state index contributed by atoms with van der Waals surface area (Å²) < 4.78 is 11.2. The molecule has 41 heavy (non-hydrogen) atoms. The summed E-state index contributed by atoms with van der Waals surface area (Å²) in [7, 11) is 3.81. The van der Waals surface area contributed by atoms with Crippen LogP contribution >= 0.6 is 0 Å². The van der Waals surface area contributed by atoms with Crippen molar-refractivity contribution in [1.29, 1.82) is 0 Å². The molecule has 0 aromatic heterocycles. The van der Waals surface area contributed by atoms with E-state index in [2.05, 4.69) is 13.8 Å². The molecular formula is C35H69NO5. The summed E-state index contributed by atoms with van der Waals surface area (Å²) in [4.78, 5) is 26.7. The Kier molecular flexibility index (Phi) is 28.2. The van der Waals surface area contributed by atoms with Crippen LogP contribution in [0.15, 0.2) is 0 Å². The number of nitrogens with zero attached hydrogens (tertiary/aromatic N) is 1. The van der Waals surface area contributed by atoms with Gasteiger partial charge in [0.1, 0.15) is 13.2 Å². The second kappa shape index (κ2) is 29.0. The minimum absolute atomic E-state index is 0.0598. The van der Waals surface area contributed by atoms with Crippen LogP contribution in [0.5, 0.6) is 0 Å². The third-order valence-electron chi connectivity index (χ3n) is 8.03. The smallest absolute Gasteiger partial charge is 0.305 e. The Morgan fingerprint density at radius 2 is 0.829 bits per heavy atom. The highest BCUT2D eigenvalue weighted by Crippen LogP contribution is 2.21. The summed E-state index contributed by atoms with van der Waals surface area (Å²) in [5.41, 5.74) is -0.803. The molecule has 6 heteroatoms. The third-order valence-corrected chi connectivity index (χ3v) is 8.03. The molecule has 0 spiro atoms. The third kappa shape index (κ3) is 26.2. The van der Waals surface area contributed by atoms with Crippen molar-refractivity contribution in [3.8, 4) is 0 Å². The summed E-state index contributed by atoms with van der Waals surface area (Å²) >= 11 is 0. The normalized spacial score (nSPS) is 11.8. The molecule has 0 aliphatic heterocycles. The Balaban J connectivity index is 4.08. The molecule has 0 bridgehead atoms. The van der Waals surface area contributed by atoms with E-state index in [1.165, 1.54) is 116 Å². The molecule has 0 heterocycles. The van der Waals surface area contributed by atoms with Gasteiger partial charge in [-0.3, -0.25) is 9.59 Å². The van der Waals surface area contributed by atoms with Crippen LogP contribution in [0, 0.1) is 5.41 Å². The first kappa shape index (κ1) is 39.9. The Morgan fingerprint density at radius 1 is 0.537 bits per heavy atom. The minimum Gasteiger partial charge on any atom is -0.465 e. The fraction of sp³-hybridized carbons (Fsp3) is 0.943. The Hall–Kier alpha value is -1.14. The van der Waals surface area contributed by atoms with Crippen LogP contribution in [0.2, 0.25) is 0 Å². The first-order valence-electron chi connectivity index (χ1n) is 17.5. The van der Waals surface area contributed by atoms with Gasteiger partial charge in [-0.1, -0.05) is 142 Å². The van der Waals surface area contributed by atoms with Crippen LogP contribution < -0.4 is 0 Å². The van der Waals surface area contributed by atoms with E-state index in [0.717, 1.165) is 25.7 Å². The molecule has 0 atom stereocenters. The zero-order valence-electron chi connectivity index (χ0n) is 27.8. The Labute approximate surface area is 254 Å². The number of rotatable bonds is 31. The van der Waals surface area contributed by atoms with Gasteiger partial charge in [-0.2, -0.15) is 0 Å². The van der Waals surface area contributed by atoms with Gasteiger partial charge in [0.15, 0.2) is 0 Å². The van der Waals surface area contributed by atoms with Gasteiger partial charge in [-0.05, 0) is 26.9 Å². The van der Waals surface area contributed by atoms with Crippen LogP contribution in [0.3, 0.4) is 0 Å². The molecule has 0 amide bonds. The maximum atomic E-state index is 12.4. The second-order valence-corrected chi connectivity index (χ2v) is 12.8. The lowest BCUT2D eigenvalue weighted by Gasteiger charge is -2.33. The highest BCUT2D eigenvalue weighted by Gasteiger charge is 2.34. The van der Waals surface area contributed by atoms with Gasteiger partial charge in [0.25, 0.3) is 0 Å². The lowest BCUT2D eigenvalue weighted by molar-refractivity contribution is -0.157.